The van der Waals surface area contributed by atoms with E-state index in [1.54, 1.807) is 19.2 Å². The molecule has 0 aliphatic carbocycles. The zero-order chi connectivity index (χ0) is 21.1. The molecular formula is C25H24F2N2O. The van der Waals surface area contributed by atoms with Crippen LogP contribution in [0.3, 0.4) is 0 Å². The van der Waals surface area contributed by atoms with Gasteiger partial charge >= 0.3 is 0 Å². The topological polar surface area (TPSA) is 37.2 Å². The zero-order valence-electron chi connectivity index (χ0n) is 16.7. The molecule has 1 aromatic heterocycles. The van der Waals surface area contributed by atoms with Gasteiger partial charge in [-0.05, 0) is 41.9 Å². The summed E-state index contributed by atoms with van der Waals surface area (Å²) in [5.41, 5.74) is 3.88. The number of likely N-dealkylation sites (N-methyl/N-ethyl adjacent to an activating group) is 1. The van der Waals surface area contributed by atoms with Crippen LogP contribution < -0.4 is 5.32 Å². The largest absolute Gasteiger partial charge is 0.389 e. The van der Waals surface area contributed by atoms with Crippen molar-refractivity contribution in [2.75, 3.05) is 13.6 Å². The molecular weight excluding hydrogens is 382 g/mol. The van der Waals surface area contributed by atoms with Crippen molar-refractivity contribution in [2.24, 2.45) is 0 Å². The molecule has 0 bridgehead atoms. The molecule has 0 radical (unpaired) electrons. The lowest BCUT2D eigenvalue weighted by Crippen LogP contribution is -2.33. The number of aromatic nitrogens is 1. The molecule has 2 N–H and O–H groups in total. The van der Waals surface area contributed by atoms with E-state index in [0.717, 1.165) is 22.0 Å². The molecule has 2 atom stereocenters. The van der Waals surface area contributed by atoms with Gasteiger partial charge in [0.1, 0.15) is 12.5 Å². The van der Waals surface area contributed by atoms with Crippen molar-refractivity contribution >= 4 is 10.9 Å². The minimum atomic E-state index is -0.795. The fourth-order valence-electron chi connectivity index (χ4n) is 4.13. The Labute approximate surface area is 174 Å². The number of alkyl halides is 1. The molecule has 0 aliphatic heterocycles. The number of benzene rings is 3. The summed E-state index contributed by atoms with van der Waals surface area (Å²) in [6.45, 7) is -0.227. The Morgan fingerprint density at radius 2 is 1.73 bits per heavy atom. The predicted octanol–water partition coefficient (Wildman–Crippen LogP) is 5.09. The lowest BCUT2D eigenvalue weighted by Gasteiger charge is -2.26. The second-order valence-electron chi connectivity index (χ2n) is 7.38. The summed E-state index contributed by atoms with van der Waals surface area (Å²) in [5.74, 6) is -0.353. The van der Waals surface area contributed by atoms with Gasteiger partial charge in [-0.3, -0.25) is 0 Å². The molecule has 0 saturated heterocycles. The Morgan fingerprint density at radius 3 is 2.50 bits per heavy atom. The number of rotatable bonds is 7. The van der Waals surface area contributed by atoms with E-state index in [1.165, 1.54) is 12.1 Å². The number of hydrogen-bond donors (Lipinski definition) is 2. The normalized spacial score (nSPS) is 13.5. The molecule has 0 fully saturated rings. The lowest BCUT2D eigenvalue weighted by molar-refractivity contribution is 0.132. The van der Waals surface area contributed by atoms with Crippen LogP contribution in [0.4, 0.5) is 8.78 Å². The number of halogens is 2. The molecule has 3 aromatic carbocycles. The molecule has 5 heteroatoms. The van der Waals surface area contributed by atoms with E-state index < -0.39 is 18.8 Å². The summed E-state index contributed by atoms with van der Waals surface area (Å²) in [6.07, 6.45) is 1.14. The molecule has 154 valence electrons. The summed E-state index contributed by atoms with van der Waals surface area (Å²) in [7, 11) is 1.77. The fourth-order valence-corrected chi connectivity index (χ4v) is 4.13. The maximum absolute atomic E-state index is 14.0. The van der Waals surface area contributed by atoms with Crippen molar-refractivity contribution in [1.82, 2.24) is 9.88 Å². The van der Waals surface area contributed by atoms with E-state index in [1.807, 2.05) is 59.3 Å². The van der Waals surface area contributed by atoms with Crippen molar-refractivity contribution in [3.63, 3.8) is 0 Å². The lowest BCUT2D eigenvalue weighted by atomic mass is 10.00. The van der Waals surface area contributed by atoms with Gasteiger partial charge in [-0.25, -0.2) is 8.78 Å². The van der Waals surface area contributed by atoms with Crippen LogP contribution >= 0.6 is 0 Å². The summed E-state index contributed by atoms with van der Waals surface area (Å²) in [5, 5.41) is 14.9. The smallest absolute Gasteiger partial charge is 0.123 e. The Morgan fingerprint density at radius 1 is 0.967 bits per heavy atom. The van der Waals surface area contributed by atoms with Gasteiger partial charge in [0.05, 0.1) is 12.1 Å². The number of nitrogens with one attached hydrogen (secondary N) is 1. The van der Waals surface area contributed by atoms with Crippen LogP contribution in [0, 0.1) is 5.82 Å². The number of para-hydroxylation sites is 1. The molecule has 30 heavy (non-hydrogen) atoms. The van der Waals surface area contributed by atoms with Crippen molar-refractivity contribution in [3.8, 4) is 11.1 Å². The average Bonchev–Trinajstić information content (AvgIpc) is 3.13. The second-order valence-corrected chi connectivity index (χ2v) is 7.38. The second kappa shape index (κ2) is 8.78. The third kappa shape index (κ3) is 3.74. The summed E-state index contributed by atoms with van der Waals surface area (Å²) in [6, 6.07) is 21.0. The summed E-state index contributed by atoms with van der Waals surface area (Å²) < 4.78 is 29.7. The minimum absolute atomic E-state index is 0.337. The van der Waals surface area contributed by atoms with Crippen LogP contribution in [-0.2, 0) is 6.67 Å². The van der Waals surface area contributed by atoms with Crippen LogP contribution in [0.15, 0.2) is 79.0 Å². The highest BCUT2D eigenvalue weighted by Gasteiger charge is 2.26. The Balaban J connectivity index is 1.96. The molecule has 3 nitrogen and oxygen atoms in total. The van der Waals surface area contributed by atoms with Crippen LogP contribution in [0.2, 0.25) is 0 Å². The van der Waals surface area contributed by atoms with Gasteiger partial charge in [0, 0.05) is 29.2 Å². The van der Waals surface area contributed by atoms with Gasteiger partial charge in [-0.2, -0.15) is 0 Å². The molecule has 0 aliphatic rings. The van der Waals surface area contributed by atoms with Crippen LogP contribution in [-0.4, -0.2) is 29.4 Å². The Hall–Kier alpha value is -3.02. The van der Waals surface area contributed by atoms with Crippen LogP contribution in [0.25, 0.3) is 22.0 Å². The van der Waals surface area contributed by atoms with Crippen molar-refractivity contribution < 1.29 is 13.9 Å². The molecule has 1 heterocycles. The number of nitrogens with zero attached hydrogens (tertiary/aromatic N) is 1. The highest BCUT2D eigenvalue weighted by Crippen LogP contribution is 2.37. The molecule has 4 rings (SSSR count). The van der Waals surface area contributed by atoms with Crippen molar-refractivity contribution in [1.29, 1.82) is 0 Å². The maximum Gasteiger partial charge on any atom is 0.123 e. The van der Waals surface area contributed by atoms with Crippen molar-refractivity contribution in [3.05, 3.63) is 95.9 Å². The molecule has 0 amide bonds. The molecule has 4 aromatic rings. The Bertz CT molecular complexity index is 1150. The monoisotopic (exact) mass is 406 g/mol. The Kier molecular flexibility index (Phi) is 5.93. The van der Waals surface area contributed by atoms with Crippen LogP contribution in [0.5, 0.6) is 0 Å². The van der Waals surface area contributed by atoms with Crippen LogP contribution in [0.1, 0.15) is 17.2 Å². The minimum Gasteiger partial charge on any atom is -0.389 e. The van der Waals surface area contributed by atoms with E-state index in [2.05, 4.69) is 5.32 Å². The highest BCUT2D eigenvalue weighted by atomic mass is 19.1. The SMILES string of the molecule is CNC[C@@H](O)[C@H](c1cccc(F)c1)n1cc(-c2ccccc2CF)c2ccccc21. The zero-order valence-corrected chi connectivity index (χ0v) is 16.7. The standard InChI is InChI=1S/C25H24F2N2O/c1-28-15-24(30)25(17-8-6-9-19(27)13-17)29-16-22(21-11-4-5-12-23(21)29)20-10-3-2-7-18(20)14-26/h2-13,16,24-25,28,30H,14-15H2,1H3/t24-,25+/m1/s1. The van der Waals surface area contributed by atoms with Gasteiger partial charge in [0.25, 0.3) is 0 Å². The summed E-state index contributed by atoms with van der Waals surface area (Å²) >= 11 is 0. The fraction of sp³-hybridized carbons (Fsp3) is 0.200. The van der Waals surface area contributed by atoms with Gasteiger partial charge < -0.3 is 15.0 Å². The third-order valence-electron chi connectivity index (χ3n) is 5.46. The van der Waals surface area contributed by atoms with E-state index in [0.29, 0.717) is 17.7 Å². The van der Waals surface area contributed by atoms with Gasteiger partial charge in [0.2, 0.25) is 0 Å². The van der Waals surface area contributed by atoms with E-state index in [4.69, 9.17) is 0 Å². The van der Waals surface area contributed by atoms with Gasteiger partial charge in [-0.1, -0.05) is 54.6 Å². The number of fused-ring (bicyclic) bond motifs is 1. The first-order valence-electron chi connectivity index (χ1n) is 9.96. The van der Waals surface area contributed by atoms with E-state index in [9.17, 15) is 13.9 Å². The average molecular weight is 406 g/mol. The number of aliphatic hydroxyl groups excluding tert-OH is 1. The molecule has 0 unspecified atom stereocenters. The number of aliphatic hydroxyl groups is 1. The van der Waals surface area contributed by atoms with Gasteiger partial charge in [-0.15, -0.1) is 0 Å². The molecule has 0 saturated carbocycles. The van der Waals surface area contributed by atoms with Gasteiger partial charge in [0.15, 0.2) is 0 Å². The highest BCUT2D eigenvalue weighted by molar-refractivity contribution is 5.97. The summed E-state index contributed by atoms with van der Waals surface area (Å²) in [4.78, 5) is 0. The number of hydrogen-bond acceptors (Lipinski definition) is 2. The third-order valence-corrected chi connectivity index (χ3v) is 5.46. The predicted molar refractivity (Wildman–Crippen MR) is 117 cm³/mol. The molecule has 0 spiro atoms. The quantitative estimate of drug-likeness (QED) is 0.449. The first kappa shape index (κ1) is 20.3. The first-order valence-corrected chi connectivity index (χ1v) is 9.96. The van der Waals surface area contributed by atoms with E-state index >= 15 is 0 Å². The maximum atomic E-state index is 14.0. The van der Waals surface area contributed by atoms with Crippen molar-refractivity contribution in [2.45, 2.75) is 18.8 Å². The first-order chi connectivity index (χ1) is 14.6. The van der Waals surface area contributed by atoms with E-state index in [-0.39, 0.29) is 5.82 Å².